The van der Waals surface area contributed by atoms with Crippen molar-refractivity contribution in [2.24, 2.45) is 0 Å². The van der Waals surface area contributed by atoms with Crippen molar-refractivity contribution in [3.8, 4) is 0 Å². The van der Waals surface area contributed by atoms with Gasteiger partial charge in [0.1, 0.15) is 0 Å². The molecule has 1 N–H and O–H groups in total. The number of halogens is 2. The van der Waals surface area contributed by atoms with Crippen LogP contribution in [0, 0.1) is 0 Å². The smallest absolute Gasteiger partial charge is 0.253 e. The van der Waals surface area contributed by atoms with Gasteiger partial charge in [-0.2, -0.15) is 0 Å². The maximum Gasteiger partial charge on any atom is 0.253 e. The zero-order chi connectivity index (χ0) is 9.84. The van der Waals surface area contributed by atoms with E-state index in [1.54, 1.807) is 7.11 Å². The van der Waals surface area contributed by atoms with Crippen molar-refractivity contribution in [3.05, 3.63) is 0 Å². The summed E-state index contributed by atoms with van der Waals surface area (Å²) in [7, 11) is 1.64. The molecule has 2 nitrogen and oxygen atoms in total. The quantitative estimate of drug-likeness (QED) is 0.735. The normalized spacial score (nSPS) is 31.2. The molecule has 0 aromatic rings. The van der Waals surface area contributed by atoms with E-state index in [-0.39, 0.29) is 12.1 Å². The van der Waals surface area contributed by atoms with Gasteiger partial charge in [0.05, 0.1) is 12.1 Å². The molecule has 78 valence electrons. The Bertz CT molecular complexity index is 155. The minimum Gasteiger partial charge on any atom is -0.380 e. The number of methoxy groups -OCH3 is 1. The van der Waals surface area contributed by atoms with Gasteiger partial charge in [-0.25, -0.2) is 8.78 Å². The third kappa shape index (κ3) is 2.88. The van der Waals surface area contributed by atoms with E-state index in [1.807, 2.05) is 0 Å². The highest BCUT2D eigenvalue weighted by Gasteiger charge is 2.29. The molecular formula is C9H17F2NO. The molecule has 4 heteroatoms. The van der Waals surface area contributed by atoms with Gasteiger partial charge in [0, 0.05) is 13.2 Å². The second kappa shape index (κ2) is 4.86. The standard InChI is InChI=1S/C9H17F2NO/c1-6(9(10)11)12-7-4-3-5-8(7)13-2/h6-9,12H,3-5H2,1-2H3. The molecule has 0 heterocycles. The predicted octanol–water partition coefficient (Wildman–Crippen LogP) is 1.80. The second-order valence-electron chi connectivity index (χ2n) is 3.60. The van der Waals surface area contributed by atoms with E-state index in [0.717, 1.165) is 19.3 Å². The first-order valence-electron chi connectivity index (χ1n) is 4.72. The average molecular weight is 193 g/mol. The molecule has 0 aromatic carbocycles. The Morgan fingerprint density at radius 3 is 2.62 bits per heavy atom. The molecule has 0 spiro atoms. The van der Waals surface area contributed by atoms with Gasteiger partial charge in [-0.1, -0.05) is 0 Å². The summed E-state index contributed by atoms with van der Waals surface area (Å²) in [4.78, 5) is 0. The van der Waals surface area contributed by atoms with Crippen LogP contribution in [0.1, 0.15) is 26.2 Å². The van der Waals surface area contributed by atoms with Crippen LogP contribution in [-0.4, -0.2) is 31.7 Å². The van der Waals surface area contributed by atoms with Crippen LogP contribution in [0.5, 0.6) is 0 Å². The van der Waals surface area contributed by atoms with Gasteiger partial charge in [0.15, 0.2) is 0 Å². The van der Waals surface area contributed by atoms with E-state index in [4.69, 9.17) is 4.74 Å². The largest absolute Gasteiger partial charge is 0.380 e. The molecule has 1 aliphatic carbocycles. The van der Waals surface area contributed by atoms with Gasteiger partial charge in [-0.3, -0.25) is 0 Å². The second-order valence-corrected chi connectivity index (χ2v) is 3.60. The number of hydrogen-bond donors (Lipinski definition) is 1. The number of hydrogen-bond acceptors (Lipinski definition) is 2. The molecule has 1 saturated carbocycles. The first-order chi connectivity index (χ1) is 6.15. The summed E-state index contributed by atoms with van der Waals surface area (Å²) in [5.74, 6) is 0. The summed E-state index contributed by atoms with van der Waals surface area (Å²) in [6.45, 7) is 1.51. The Kier molecular flexibility index (Phi) is 4.06. The van der Waals surface area contributed by atoms with E-state index in [2.05, 4.69) is 5.32 Å². The Morgan fingerprint density at radius 1 is 1.38 bits per heavy atom. The molecule has 13 heavy (non-hydrogen) atoms. The van der Waals surface area contributed by atoms with Gasteiger partial charge in [-0.15, -0.1) is 0 Å². The molecule has 0 radical (unpaired) electrons. The summed E-state index contributed by atoms with van der Waals surface area (Å²) in [6.07, 6.45) is 0.797. The predicted molar refractivity (Wildman–Crippen MR) is 47.0 cm³/mol. The Labute approximate surface area is 77.6 Å². The lowest BCUT2D eigenvalue weighted by Gasteiger charge is -2.23. The third-order valence-corrected chi connectivity index (χ3v) is 2.61. The molecule has 3 unspecified atom stereocenters. The summed E-state index contributed by atoms with van der Waals surface area (Å²) in [5, 5.41) is 2.90. The molecular weight excluding hydrogens is 176 g/mol. The van der Waals surface area contributed by atoms with Crippen LogP contribution in [0.3, 0.4) is 0 Å². The molecule has 0 aromatic heterocycles. The summed E-state index contributed by atoms with van der Waals surface area (Å²) >= 11 is 0. The monoisotopic (exact) mass is 193 g/mol. The van der Waals surface area contributed by atoms with Crippen LogP contribution in [-0.2, 0) is 4.74 Å². The van der Waals surface area contributed by atoms with Gasteiger partial charge >= 0.3 is 0 Å². The van der Waals surface area contributed by atoms with Crippen LogP contribution in [0.2, 0.25) is 0 Å². The zero-order valence-electron chi connectivity index (χ0n) is 8.09. The van der Waals surface area contributed by atoms with Crippen molar-refractivity contribution < 1.29 is 13.5 Å². The highest BCUT2D eigenvalue weighted by molar-refractivity contribution is 4.86. The van der Waals surface area contributed by atoms with Crippen molar-refractivity contribution in [2.45, 2.75) is 50.8 Å². The minimum atomic E-state index is -2.29. The molecule has 3 atom stereocenters. The number of rotatable bonds is 4. The van der Waals surface area contributed by atoms with Crippen LogP contribution >= 0.6 is 0 Å². The highest BCUT2D eigenvalue weighted by Crippen LogP contribution is 2.22. The van der Waals surface area contributed by atoms with Gasteiger partial charge in [0.25, 0.3) is 6.43 Å². The average Bonchev–Trinajstić information content (AvgIpc) is 2.51. The van der Waals surface area contributed by atoms with Crippen LogP contribution in [0.4, 0.5) is 8.78 Å². The van der Waals surface area contributed by atoms with Crippen molar-refractivity contribution in [1.29, 1.82) is 0 Å². The molecule has 1 aliphatic rings. The van der Waals surface area contributed by atoms with E-state index < -0.39 is 12.5 Å². The topological polar surface area (TPSA) is 21.3 Å². The molecule has 1 rings (SSSR count). The van der Waals surface area contributed by atoms with Crippen molar-refractivity contribution in [2.75, 3.05) is 7.11 Å². The highest BCUT2D eigenvalue weighted by atomic mass is 19.3. The number of ether oxygens (including phenoxy) is 1. The van der Waals surface area contributed by atoms with Crippen molar-refractivity contribution in [3.63, 3.8) is 0 Å². The van der Waals surface area contributed by atoms with Gasteiger partial charge in [0.2, 0.25) is 0 Å². The van der Waals surface area contributed by atoms with Crippen LogP contribution in [0.25, 0.3) is 0 Å². The van der Waals surface area contributed by atoms with Crippen molar-refractivity contribution >= 4 is 0 Å². The fourth-order valence-corrected chi connectivity index (χ4v) is 1.81. The van der Waals surface area contributed by atoms with E-state index in [0.29, 0.717) is 0 Å². The van der Waals surface area contributed by atoms with E-state index in [9.17, 15) is 8.78 Å². The SMILES string of the molecule is COC1CCCC1NC(C)C(F)F. The zero-order valence-corrected chi connectivity index (χ0v) is 8.09. The maximum atomic E-state index is 12.2. The first kappa shape index (κ1) is 10.9. The lowest BCUT2D eigenvalue weighted by Crippen LogP contribution is -2.44. The fraction of sp³-hybridized carbons (Fsp3) is 1.00. The molecule has 0 amide bonds. The van der Waals surface area contributed by atoms with E-state index >= 15 is 0 Å². The van der Waals surface area contributed by atoms with Crippen LogP contribution in [0.15, 0.2) is 0 Å². The molecule has 0 aliphatic heterocycles. The molecule has 0 saturated heterocycles. The Morgan fingerprint density at radius 2 is 2.08 bits per heavy atom. The van der Waals surface area contributed by atoms with Gasteiger partial charge < -0.3 is 10.1 Å². The molecule has 0 bridgehead atoms. The number of alkyl halides is 2. The van der Waals surface area contributed by atoms with Crippen molar-refractivity contribution in [1.82, 2.24) is 5.32 Å². The summed E-state index contributed by atoms with van der Waals surface area (Å²) < 4.78 is 29.6. The lowest BCUT2D eigenvalue weighted by molar-refractivity contribution is 0.0569. The minimum absolute atomic E-state index is 0.106. The van der Waals surface area contributed by atoms with E-state index in [1.165, 1.54) is 6.92 Å². The third-order valence-electron chi connectivity index (χ3n) is 2.61. The molecule has 1 fully saturated rings. The first-order valence-corrected chi connectivity index (χ1v) is 4.72. The number of nitrogens with one attached hydrogen (secondary N) is 1. The summed E-state index contributed by atoms with van der Waals surface area (Å²) in [6, 6.07) is -0.630. The lowest BCUT2D eigenvalue weighted by atomic mass is 10.2. The maximum absolute atomic E-state index is 12.2. The summed E-state index contributed by atoms with van der Waals surface area (Å²) in [5.41, 5.74) is 0. The fourth-order valence-electron chi connectivity index (χ4n) is 1.81. The Hall–Kier alpha value is -0.220. The Balaban J connectivity index is 2.34. The van der Waals surface area contributed by atoms with Crippen LogP contribution < -0.4 is 5.32 Å². The van der Waals surface area contributed by atoms with Gasteiger partial charge in [-0.05, 0) is 26.2 Å².